The van der Waals surface area contributed by atoms with Crippen LogP contribution < -0.4 is 5.73 Å². The zero-order chi connectivity index (χ0) is 10.1. The first-order chi connectivity index (χ1) is 6.72. The van der Waals surface area contributed by atoms with Gasteiger partial charge in [-0.05, 0) is 35.4 Å². The predicted molar refractivity (Wildman–Crippen MR) is 57.2 cm³/mol. The Morgan fingerprint density at radius 2 is 2.36 bits per heavy atom. The highest BCUT2D eigenvalue weighted by Crippen LogP contribution is 2.33. The van der Waals surface area contributed by atoms with Gasteiger partial charge in [-0.2, -0.15) is 0 Å². The van der Waals surface area contributed by atoms with Gasteiger partial charge in [0, 0.05) is 6.54 Å². The third-order valence-corrected chi connectivity index (χ3v) is 3.16. The molecule has 2 rings (SSSR count). The van der Waals surface area contributed by atoms with Crippen molar-refractivity contribution in [2.75, 3.05) is 6.54 Å². The van der Waals surface area contributed by atoms with Crippen molar-refractivity contribution in [1.82, 2.24) is 0 Å². The van der Waals surface area contributed by atoms with Crippen molar-refractivity contribution in [2.24, 2.45) is 5.73 Å². The molecule has 1 aromatic carbocycles. The van der Waals surface area contributed by atoms with E-state index in [0.29, 0.717) is 12.5 Å². The summed E-state index contributed by atoms with van der Waals surface area (Å²) in [4.78, 5) is 0. The SMILES string of the molecule is CC1CCc2ccc(C(O)CN)cc21. The van der Waals surface area contributed by atoms with Crippen molar-refractivity contribution in [3.63, 3.8) is 0 Å². The molecule has 0 spiro atoms. The summed E-state index contributed by atoms with van der Waals surface area (Å²) in [6, 6.07) is 6.24. The van der Waals surface area contributed by atoms with Crippen LogP contribution in [-0.2, 0) is 6.42 Å². The van der Waals surface area contributed by atoms with Crippen molar-refractivity contribution in [2.45, 2.75) is 31.8 Å². The second-order valence-electron chi connectivity index (χ2n) is 4.15. The molecule has 76 valence electrons. The molecule has 2 unspecified atom stereocenters. The molecular formula is C12H17NO. The van der Waals surface area contributed by atoms with E-state index in [0.717, 1.165) is 5.56 Å². The Balaban J connectivity index is 2.34. The minimum Gasteiger partial charge on any atom is -0.387 e. The molecule has 14 heavy (non-hydrogen) atoms. The fourth-order valence-corrected chi connectivity index (χ4v) is 2.17. The number of aryl methyl sites for hydroxylation is 1. The van der Waals surface area contributed by atoms with Crippen LogP contribution in [0.2, 0.25) is 0 Å². The van der Waals surface area contributed by atoms with Gasteiger partial charge in [0.15, 0.2) is 0 Å². The number of aliphatic hydroxyl groups is 1. The first kappa shape index (κ1) is 9.69. The molecule has 0 radical (unpaired) electrons. The highest BCUT2D eigenvalue weighted by atomic mass is 16.3. The van der Waals surface area contributed by atoms with E-state index >= 15 is 0 Å². The van der Waals surface area contributed by atoms with Crippen molar-refractivity contribution in [1.29, 1.82) is 0 Å². The minimum atomic E-state index is -0.506. The van der Waals surface area contributed by atoms with Crippen LogP contribution in [0, 0.1) is 0 Å². The molecule has 2 atom stereocenters. The zero-order valence-electron chi connectivity index (χ0n) is 8.53. The number of hydrogen-bond donors (Lipinski definition) is 2. The summed E-state index contributed by atoms with van der Waals surface area (Å²) >= 11 is 0. The summed E-state index contributed by atoms with van der Waals surface area (Å²) in [6.45, 7) is 2.54. The lowest BCUT2D eigenvalue weighted by atomic mass is 9.98. The fraction of sp³-hybridized carbons (Fsp3) is 0.500. The van der Waals surface area contributed by atoms with Gasteiger partial charge >= 0.3 is 0 Å². The summed E-state index contributed by atoms with van der Waals surface area (Å²) in [7, 11) is 0. The third kappa shape index (κ3) is 1.56. The lowest BCUT2D eigenvalue weighted by molar-refractivity contribution is 0.186. The molecule has 2 nitrogen and oxygen atoms in total. The summed E-state index contributed by atoms with van der Waals surface area (Å²) < 4.78 is 0. The molecule has 0 bridgehead atoms. The highest BCUT2D eigenvalue weighted by molar-refractivity contribution is 5.38. The lowest BCUT2D eigenvalue weighted by Gasteiger charge is -2.11. The van der Waals surface area contributed by atoms with Gasteiger partial charge in [0.2, 0.25) is 0 Å². The predicted octanol–water partition coefficient (Wildman–Crippen LogP) is 1.73. The van der Waals surface area contributed by atoms with Crippen LogP contribution in [0.1, 0.15) is 42.1 Å². The van der Waals surface area contributed by atoms with E-state index in [4.69, 9.17) is 5.73 Å². The van der Waals surface area contributed by atoms with Crippen molar-refractivity contribution in [3.8, 4) is 0 Å². The van der Waals surface area contributed by atoms with Gasteiger partial charge < -0.3 is 10.8 Å². The molecule has 0 fully saturated rings. The molecule has 1 aliphatic carbocycles. The molecule has 0 saturated heterocycles. The Kier molecular flexibility index (Phi) is 2.57. The largest absolute Gasteiger partial charge is 0.387 e. The van der Waals surface area contributed by atoms with Crippen LogP contribution >= 0.6 is 0 Å². The average Bonchev–Trinajstić information content (AvgIpc) is 2.59. The molecule has 1 aliphatic rings. The third-order valence-electron chi connectivity index (χ3n) is 3.16. The molecule has 1 aromatic rings. The standard InChI is InChI=1S/C12H17NO/c1-8-2-3-9-4-5-10(6-11(8)9)12(14)7-13/h4-6,8,12,14H,2-3,7,13H2,1H3. The normalized spacial score (nSPS) is 22.1. The minimum absolute atomic E-state index is 0.299. The Hall–Kier alpha value is -0.860. The Morgan fingerprint density at radius 3 is 3.07 bits per heavy atom. The number of hydrogen-bond acceptors (Lipinski definition) is 2. The van der Waals surface area contributed by atoms with Crippen LogP contribution in [-0.4, -0.2) is 11.7 Å². The van der Waals surface area contributed by atoms with Gasteiger partial charge in [-0.3, -0.25) is 0 Å². The maximum atomic E-state index is 9.62. The summed E-state index contributed by atoms with van der Waals surface area (Å²) in [6.07, 6.45) is 1.90. The molecule has 0 amide bonds. The van der Waals surface area contributed by atoms with E-state index in [9.17, 15) is 5.11 Å². The highest BCUT2D eigenvalue weighted by Gasteiger charge is 2.19. The maximum Gasteiger partial charge on any atom is 0.0912 e. The molecule has 0 saturated carbocycles. The fourth-order valence-electron chi connectivity index (χ4n) is 2.17. The molecule has 0 aromatic heterocycles. The van der Waals surface area contributed by atoms with Crippen LogP contribution in [0.3, 0.4) is 0 Å². The number of fused-ring (bicyclic) bond motifs is 1. The monoisotopic (exact) mass is 191 g/mol. The van der Waals surface area contributed by atoms with E-state index in [-0.39, 0.29) is 0 Å². The topological polar surface area (TPSA) is 46.2 Å². The quantitative estimate of drug-likeness (QED) is 0.747. The number of benzene rings is 1. The molecular weight excluding hydrogens is 174 g/mol. The van der Waals surface area contributed by atoms with Gasteiger partial charge in [-0.1, -0.05) is 25.1 Å². The van der Waals surface area contributed by atoms with Crippen LogP contribution in [0.25, 0.3) is 0 Å². The van der Waals surface area contributed by atoms with Gasteiger partial charge in [0.1, 0.15) is 0 Å². The van der Waals surface area contributed by atoms with E-state index in [1.54, 1.807) is 0 Å². The van der Waals surface area contributed by atoms with E-state index in [1.807, 2.05) is 6.07 Å². The number of rotatable bonds is 2. The molecule has 2 heteroatoms. The van der Waals surface area contributed by atoms with Crippen molar-refractivity contribution >= 4 is 0 Å². The summed E-state index contributed by atoms with van der Waals surface area (Å²) in [5, 5.41) is 9.62. The first-order valence-electron chi connectivity index (χ1n) is 5.23. The average molecular weight is 191 g/mol. The van der Waals surface area contributed by atoms with Gasteiger partial charge in [-0.25, -0.2) is 0 Å². The number of aliphatic hydroxyl groups excluding tert-OH is 1. The molecule has 3 N–H and O–H groups in total. The van der Waals surface area contributed by atoms with E-state index < -0.39 is 6.10 Å². The first-order valence-corrected chi connectivity index (χ1v) is 5.23. The van der Waals surface area contributed by atoms with Crippen molar-refractivity contribution < 1.29 is 5.11 Å². The zero-order valence-corrected chi connectivity index (χ0v) is 8.53. The Morgan fingerprint density at radius 1 is 1.57 bits per heavy atom. The van der Waals surface area contributed by atoms with Gasteiger partial charge in [-0.15, -0.1) is 0 Å². The maximum absolute atomic E-state index is 9.62. The van der Waals surface area contributed by atoms with Gasteiger partial charge in [0.25, 0.3) is 0 Å². The lowest BCUT2D eigenvalue weighted by Crippen LogP contribution is -2.11. The van der Waals surface area contributed by atoms with Crippen LogP contribution in [0.15, 0.2) is 18.2 Å². The van der Waals surface area contributed by atoms with E-state index in [2.05, 4.69) is 19.1 Å². The Labute approximate surface area is 84.7 Å². The second kappa shape index (κ2) is 3.71. The van der Waals surface area contributed by atoms with Gasteiger partial charge in [0.05, 0.1) is 6.10 Å². The number of nitrogens with two attached hydrogens (primary N) is 1. The Bertz CT molecular complexity index is 335. The summed E-state index contributed by atoms with van der Waals surface area (Å²) in [5.74, 6) is 0.634. The van der Waals surface area contributed by atoms with Crippen LogP contribution in [0.4, 0.5) is 0 Å². The molecule has 0 aliphatic heterocycles. The second-order valence-corrected chi connectivity index (χ2v) is 4.15. The molecule has 0 heterocycles. The summed E-state index contributed by atoms with van der Waals surface area (Å²) in [5.41, 5.74) is 9.23. The van der Waals surface area contributed by atoms with E-state index in [1.165, 1.54) is 24.0 Å². The van der Waals surface area contributed by atoms with Crippen molar-refractivity contribution in [3.05, 3.63) is 34.9 Å². The van der Waals surface area contributed by atoms with Crippen LogP contribution in [0.5, 0.6) is 0 Å². The smallest absolute Gasteiger partial charge is 0.0912 e.